The number of amides is 1. The molecule has 0 saturated heterocycles. The Labute approximate surface area is 140 Å². The van der Waals surface area contributed by atoms with Crippen molar-refractivity contribution < 1.29 is 9.18 Å². The maximum Gasteiger partial charge on any atom is 0.251 e. The van der Waals surface area contributed by atoms with Crippen LogP contribution in [0.25, 0.3) is 37.5 Å². The molecule has 122 valence electrons. The van der Waals surface area contributed by atoms with E-state index >= 15 is 0 Å². The standard InChI is InChI=1S/C16H10FN7O/c17-11-4-5-15-13(7-11)14(16(25)21-23-19)9-24(15)12-3-1-2-10(6-12)8-20-22-18/h1-7,9H,8H2. The molecule has 0 N–H and O–H groups in total. The van der Waals surface area contributed by atoms with Gasteiger partial charge in [0.2, 0.25) is 0 Å². The summed E-state index contributed by atoms with van der Waals surface area (Å²) in [6.45, 7) is 0.183. The van der Waals surface area contributed by atoms with Crippen molar-refractivity contribution in [2.75, 3.05) is 0 Å². The number of carbonyl (C=O) groups excluding carboxylic acids is 1. The van der Waals surface area contributed by atoms with Crippen molar-refractivity contribution >= 4 is 16.8 Å². The van der Waals surface area contributed by atoms with Gasteiger partial charge in [0.25, 0.3) is 5.91 Å². The first-order chi connectivity index (χ1) is 12.1. The van der Waals surface area contributed by atoms with Crippen LogP contribution in [0.4, 0.5) is 4.39 Å². The number of azide groups is 2. The molecule has 1 amide bonds. The van der Waals surface area contributed by atoms with E-state index in [9.17, 15) is 9.18 Å². The third-order valence-electron chi connectivity index (χ3n) is 3.64. The molecule has 0 aliphatic carbocycles. The molecule has 1 aromatic heterocycles. The van der Waals surface area contributed by atoms with Crippen LogP contribution in [0.2, 0.25) is 0 Å². The topological polar surface area (TPSA) is 120 Å². The summed E-state index contributed by atoms with van der Waals surface area (Å²) in [5.74, 6) is -1.29. The minimum Gasteiger partial charge on any atom is -0.316 e. The Hall–Kier alpha value is -3.80. The Kier molecular flexibility index (Phi) is 4.34. The molecule has 0 fully saturated rings. The fourth-order valence-corrected chi connectivity index (χ4v) is 2.60. The number of carbonyl (C=O) groups is 1. The first-order valence-corrected chi connectivity index (χ1v) is 7.14. The Morgan fingerprint density at radius 1 is 1.16 bits per heavy atom. The SMILES string of the molecule is [N-]=[N+]=NCc1cccc(-n2cc(C(=O)N=[N+]=[N-])c3cc(F)ccc32)c1. The number of hydrogen-bond donors (Lipinski definition) is 0. The normalized spacial score (nSPS) is 10.1. The van der Waals surface area contributed by atoms with E-state index in [2.05, 4.69) is 20.1 Å². The third kappa shape index (κ3) is 3.13. The maximum absolute atomic E-state index is 13.6. The van der Waals surface area contributed by atoms with E-state index in [1.807, 2.05) is 0 Å². The predicted octanol–water partition coefficient (Wildman–Crippen LogP) is 5.03. The first-order valence-electron chi connectivity index (χ1n) is 7.14. The zero-order chi connectivity index (χ0) is 17.8. The molecule has 0 atom stereocenters. The fourth-order valence-electron chi connectivity index (χ4n) is 2.60. The predicted molar refractivity (Wildman–Crippen MR) is 89.6 cm³/mol. The number of aromatic nitrogens is 1. The molecule has 8 nitrogen and oxygen atoms in total. The summed E-state index contributed by atoms with van der Waals surface area (Å²) >= 11 is 0. The van der Waals surface area contributed by atoms with Crippen LogP contribution in [0, 0.1) is 5.82 Å². The molecule has 9 heteroatoms. The van der Waals surface area contributed by atoms with E-state index in [4.69, 9.17) is 11.1 Å². The van der Waals surface area contributed by atoms with Crippen molar-refractivity contribution in [3.63, 3.8) is 0 Å². The summed E-state index contributed by atoms with van der Waals surface area (Å²) in [4.78, 5) is 17.2. The average Bonchev–Trinajstić information content (AvgIpc) is 2.99. The summed E-state index contributed by atoms with van der Waals surface area (Å²) in [5.41, 5.74) is 19.1. The zero-order valence-electron chi connectivity index (χ0n) is 12.7. The van der Waals surface area contributed by atoms with Gasteiger partial charge >= 0.3 is 0 Å². The second-order valence-corrected chi connectivity index (χ2v) is 5.13. The first kappa shape index (κ1) is 16.1. The highest BCUT2D eigenvalue weighted by molar-refractivity contribution is 6.07. The van der Waals surface area contributed by atoms with Crippen LogP contribution < -0.4 is 0 Å². The number of fused-ring (bicyclic) bond motifs is 1. The Morgan fingerprint density at radius 3 is 2.76 bits per heavy atom. The molecular formula is C16H10FN7O. The molecule has 3 rings (SSSR count). The summed E-state index contributed by atoms with van der Waals surface area (Å²) in [5, 5.41) is 6.96. The van der Waals surface area contributed by atoms with Crippen LogP contribution in [0.3, 0.4) is 0 Å². The van der Waals surface area contributed by atoms with Crippen molar-refractivity contribution in [3.05, 3.63) is 86.5 Å². The lowest BCUT2D eigenvalue weighted by molar-refractivity contribution is 0.100. The van der Waals surface area contributed by atoms with Crippen LogP contribution in [0.5, 0.6) is 0 Å². The van der Waals surface area contributed by atoms with Crippen LogP contribution >= 0.6 is 0 Å². The van der Waals surface area contributed by atoms with Crippen molar-refractivity contribution in [2.24, 2.45) is 10.2 Å². The third-order valence-corrected chi connectivity index (χ3v) is 3.64. The van der Waals surface area contributed by atoms with Gasteiger partial charge in [-0.15, -0.1) is 0 Å². The van der Waals surface area contributed by atoms with E-state index in [1.165, 1.54) is 24.4 Å². The van der Waals surface area contributed by atoms with Crippen molar-refractivity contribution in [1.29, 1.82) is 0 Å². The quantitative estimate of drug-likeness (QED) is 0.371. The largest absolute Gasteiger partial charge is 0.316 e. The van der Waals surface area contributed by atoms with Gasteiger partial charge in [0, 0.05) is 27.1 Å². The molecule has 25 heavy (non-hydrogen) atoms. The summed E-state index contributed by atoms with van der Waals surface area (Å²) in [7, 11) is 0. The van der Waals surface area contributed by atoms with E-state index < -0.39 is 11.7 Å². The summed E-state index contributed by atoms with van der Waals surface area (Å²) < 4.78 is 15.3. The highest BCUT2D eigenvalue weighted by Crippen LogP contribution is 2.27. The van der Waals surface area contributed by atoms with Gasteiger partial charge in [-0.1, -0.05) is 17.2 Å². The van der Waals surface area contributed by atoms with Gasteiger partial charge in [-0.3, -0.25) is 4.79 Å². The molecule has 0 radical (unpaired) electrons. The highest BCUT2D eigenvalue weighted by Gasteiger charge is 2.16. The maximum atomic E-state index is 13.6. The number of nitrogens with zero attached hydrogens (tertiary/aromatic N) is 7. The number of halogens is 1. The smallest absolute Gasteiger partial charge is 0.251 e. The molecule has 0 spiro atoms. The lowest BCUT2D eigenvalue weighted by Crippen LogP contribution is -1.94. The van der Waals surface area contributed by atoms with Crippen molar-refractivity contribution in [3.8, 4) is 5.69 Å². The molecule has 3 aromatic rings. The minimum absolute atomic E-state index is 0.104. The van der Waals surface area contributed by atoms with Gasteiger partial charge in [-0.05, 0) is 52.1 Å². The van der Waals surface area contributed by atoms with Gasteiger partial charge in [-0.25, -0.2) is 4.39 Å². The summed E-state index contributed by atoms with van der Waals surface area (Å²) in [6.07, 6.45) is 1.49. The minimum atomic E-state index is -0.790. The van der Waals surface area contributed by atoms with E-state index in [-0.39, 0.29) is 12.1 Å². The van der Waals surface area contributed by atoms with Crippen LogP contribution in [-0.4, -0.2) is 10.5 Å². The van der Waals surface area contributed by atoms with E-state index in [0.717, 1.165) is 5.56 Å². The van der Waals surface area contributed by atoms with Gasteiger partial charge in [0.1, 0.15) is 5.82 Å². The lowest BCUT2D eigenvalue weighted by Gasteiger charge is -2.07. The summed E-state index contributed by atoms with van der Waals surface area (Å²) in [6, 6.07) is 11.2. The fraction of sp³-hybridized carbons (Fsp3) is 0.0625. The second kappa shape index (κ2) is 6.76. The molecule has 1 heterocycles. The molecule has 0 saturated carbocycles. The average molecular weight is 335 g/mol. The van der Waals surface area contributed by atoms with Gasteiger partial charge < -0.3 is 4.57 Å². The molecular weight excluding hydrogens is 325 g/mol. The lowest BCUT2D eigenvalue weighted by atomic mass is 10.1. The monoisotopic (exact) mass is 335 g/mol. The van der Waals surface area contributed by atoms with Gasteiger partial charge in [0.05, 0.1) is 17.6 Å². The van der Waals surface area contributed by atoms with Crippen LogP contribution in [-0.2, 0) is 6.54 Å². The molecule has 0 aliphatic heterocycles. The van der Waals surface area contributed by atoms with Crippen molar-refractivity contribution in [1.82, 2.24) is 4.57 Å². The molecule has 0 bridgehead atoms. The van der Waals surface area contributed by atoms with Crippen LogP contribution in [0.1, 0.15) is 15.9 Å². The molecule has 0 aliphatic rings. The Bertz CT molecular complexity index is 1080. The van der Waals surface area contributed by atoms with Gasteiger partial charge in [-0.2, -0.15) is 0 Å². The molecule has 2 aromatic carbocycles. The van der Waals surface area contributed by atoms with Crippen LogP contribution in [0.15, 0.2) is 58.9 Å². The highest BCUT2D eigenvalue weighted by atomic mass is 19.1. The van der Waals surface area contributed by atoms with Gasteiger partial charge in [0.15, 0.2) is 0 Å². The Balaban J connectivity index is 2.21. The number of hydrogen-bond acceptors (Lipinski definition) is 2. The zero-order valence-corrected chi connectivity index (χ0v) is 12.7. The van der Waals surface area contributed by atoms with E-state index in [0.29, 0.717) is 16.6 Å². The van der Waals surface area contributed by atoms with E-state index in [1.54, 1.807) is 28.8 Å². The number of rotatable bonds is 4. The Morgan fingerprint density at radius 2 is 2.00 bits per heavy atom. The van der Waals surface area contributed by atoms with Crippen molar-refractivity contribution in [2.45, 2.75) is 6.54 Å². The second-order valence-electron chi connectivity index (χ2n) is 5.13. The molecule has 0 unspecified atom stereocenters. The number of benzene rings is 2.